The highest BCUT2D eigenvalue weighted by atomic mass is 19.4. The molecule has 0 radical (unpaired) electrons. The molecule has 1 heterocycles. The van der Waals surface area contributed by atoms with Crippen LogP contribution in [0.4, 0.5) is 24.5 Å². The van der Waals surface area contributed by atoms with Gasteiger partial charge in [-0.1, -0.05) is 24.3 Å². The van der Waals surface area contributed by atoms with Crippen LogP contribution in [-0.4, -0.2) is 17.9 Å². The lowest BCUT2D eigenvalue weighted by atomic mass is 10.1. The number of ether oxygens (including phenoxy) is 1. The highest BCUT2D eigenvalue weighted by Gasteiger charge is 2.34. The number of rotatable bonds is 3. The summed E-state index contributed by atoms with van der Waals surface area (Å²) >= 11 is 0. The zero-order valence-electron chi connectivity index (χ0n) is 12.8. The van der Waals surface area contributed by atoms with Gasteiger partial charge in [0.1, 0.15) is 5.75 Å². The smallest absolute Gasteiger partial charge is 0.418 e. The molecular weight excluding hydrogens is 337 g/mol. The van der Waals surface area contributed by atoms with Gasteiger partial charge in [-0.15, -0.1) is 0 Å². The quantitative estimate of drug-likeness (QED) is 0.891. The first-order chi connectivity index (χ1) is 11.8. The van der Waals surface area contributed by atoms with E-state index in [9.17, 15) is 22.8 Å². The Labute approximate surface area is 140 Å². The van der Waals surface area contributed by atoms with Crippen LogP contribution in [0.15, 0.2) is 48.5 Å². The van der Waals surface area contributed by atoms with Gasteiger partial charge in [0.2, 0.25) is 5.91 Å². The Morgan fingerprint density at radius 3 is 2.56 bits per heavy atom. The molecule has 0 saturated heterocycles. The van der Waals surface area contributed by atoms with Crippen LogP contribution in [0.3, 0.4) is 0 Å². The molecule has 3 rings (SSSR count). The molecule has 2 N–H and O–H groups in total. The van der Waals surface area contributed by atoms with E-state index >= 15 is 0 Å². The molecule has 2 amide bonds. The molecule has 0 bridgehead atoms. The Hall–Kier alpha value is -3.03. The number of halogens is 3. The van der Waals surface area contributed by atoms with Crippen LogP contribution in [0.5, 0.6) is 5.75 Å². The molecule has 0 fully saturated rings. The van der Waals surface area contributed by atoms with Gasteiger partial charge >= 0.3 is 6.18 Å². The van der Waals surface area contributed by atoms with E-state index < -0.39 is 36.1 Å². The fraction of sp³-hybridized carbons (Fsp3) is 0.176. The van der Waals surface area contributed by atoms with E-state index in [4.69, 9.17) is 4.74 Å². The largest absolute Gasteiger partial charge is 0.478 e. The van der Waals surface area contributed by atoms with Crippen molar-refractivity contribution in [2.75, 3.05) is 10.6 Å². The first kappa shape index (κ1) is 16.8. The van der Waals surface area contributed by atoms with Crippen LogP contribution >= 0.6 is 0 Å². The van der Waals surface area contributed by atoms with E-state index in [1.807, 2.05) is 0 Å². The second kappa shape index (κ2) is 6.46. The maximum absolute atomic E-state index is 12.9. The second-order valence-electron chi connectivity index (χ2n) is 5.39. The number of fused-ring (bicyclic) bond motifs is 1. The van der Waals surface area contributed by atoms with E-state index in [1.165, 1.54) is 12.1 Å². The number of nitrogens with one attached hydrogen (secondary N) is 2. The van der Waals surface area contributed by atoms with Gasteiger partial charge in [-0.05, 0) is 24.3 Å². The summed E-state index contributed by atoms with van der Waals surface area (Å²) in [5.74, 6) is -0.884. The van der Waals surface area contributed by atoms with E-state index in [2.05, 4.69) is 10.6 Å². The van der Waals surface area contributed by atoms with Crippen molar-refractivity contribution in [2.24, 2.45) is 0 Å². The van der Waals surface area contributed by atoms with Crippen molar-refractivity contribution in [1.29, 1.82) is 0 Å². The molecule has 8 heteroatoms. The molecule has 130 valence electrons. The molecule has 5 nitrogen and oxygen atoms in total. The van der Waals surface area contributed by atoms with E-state index in [1.54, 1.807) is 24.3 Å². The monoisotopic (exact) mass is 350 g/mol. The zero-order valence-corrected chi connectivity index (χ0v) is 12.8. The van der Waals surface area contributed by atoms with Gasteiger partial charge in [0.15, 0.2) is 6.10 Å². The molecule has 1 aliphatic rings. The summed E-state index contributed by atoms with van der Waals surface area (Å²) in [6, 6.07) is 11.3. The van der Waals surface area contributed by atoms with Gasteiger partial charge in [-0.25, -0.2) is 0 Å². The Balaban J connectivity index is 1.71. The summed E-state index contributed by atoms with van der Waals surface area (Å²) in [6.07, 6.45) is -6.12. The molecular formula is C17H13F3N2O3. The van der Waals surface area contributed by atoms with E-state index in [0.717, 1.165) is 12.1 Å². The topological polar surface area (TPSA) is 67.4 Å². The van der Waals surface area contributed by atoms with E-state index in [-0.39, 0.29) is 5.69 Å². The lowest BCUT2D eigenvalue weighted by Crippen LogP contribution is -2.39. The van der Waals surface area contributed by atoms with Crippen molar-refractivity contribution in [2.45, 2.75) is 18.7 Å². The number of anilines is 2. The van der Waals surface area contributed by atoms with Crippen LogP contribution < -0.4 is 15.4 Å². The Morgan fingerprint density at radius 2 is 1.80 bits per heavy atom. The van der Waals surface area contributed by atoms with E-state index in [0.29, 0.717) is 11.4 Å². The van der Waals surface area contributed by atoms with Gasteiger partial charge in [0, 0.05) is 0 Å². The van der Waals surface area contributed by atoms with Crippen LogP contribution in [0.1, 0.15) is 12.0 Å². The van der Waals surface area contributed by atoms with Crippen molar-refractivity contribution in [3.05, 3.63) is 54.1 Å². The van der Waals surface area contributed by atoms with Gasteiger partial charge in [-0.3, -0.25) is 9.59 Å². The molecule has 2 aromatic rings. The molecule has 1 atom stereocenters. The molecule has 1 aliphatic heterocycles. The van der Waals surface area contributed by atoms with Crippen LogP contribution in [0.25, 0.3) is 0 Å². The van der Waals surface area contributed by atoms with Crippen molar-refractivity contribution in [1.82, 2.24) is 0 Å². The molecule has 0 aliphatic carbocycles. The number of amides is 2. The first-order valence-electron chi connectivity index (χ1n) is 7.37. The molecule has 25 heavy (non-hydrogen) atoms. The highest BCUT2D eigenvalue weighted by molar-refractivity contribution is 6.02. The summed E-state index contributed by atoms with van der Waals surface area (Å²) < 4.78 is 44.3. The first-order valence-corrected chi connectivity index (χ1v) is 7.37. The van der Waals surface area contributed by atoms with Crippen molar-refractivity contribution in [3.8, 4) is 5.75 Å². The standard InChI is InChI=1S/C17H13F3N2O3/c18-17(19,20)10-5-1-2-6-11(10)21-15(23)9-14-16(24)22-12-7-3-4-8-13(12)25-14/h1-8,14H,9H2,(H,21,23)(H,22,24). The summed E-state index contributed by atoms with van der Waals surface area (Å²) in [4.78, 5) is 24.1. The minimum absolute atomic E-state index is 0.364. The number of carbonyl (C=O) groups is 2. The maximum atomic E-state index is 12.9. The molecule has 1 unspecified atom stereocenters. The number of alkyl halides is 3. The van der Waals surface area contributed by atoms with Gasteiger partial charge in [-0.2, -0.15) is 13.2 Å². The molecule has 0 aromatic heterocycles. The third kappa shape index (κ3) is 3.73. The lowest BCUT2D eigenvalue weighted by molar-refractivity contribution is -0.137. The van der Waals surface area contributed by atoms with Crippen LogP contribution in [0.2, 0.25) is 0 Å². The Kier molecular flexibility index (Phi) is 4.35. The molecule has 0 saturated carbocycles. The fourth-order valence-electron chi connectivity index (χ4n) is 2.44. The van der Waals surface area contributed by atoms with Gasteiger partial charge < -0.3 is 15.4 Å². The van der Waals surface area contributed by atoms with Crippen molar-refractivity contribution >= 4 is 23.2 Å². The number of hydrogen-bond acceptors (Lipinski definition) is 3. The SMILES string of the molecule is O=C(CC1Oc2ccccc2NC1=O)Nc1ccccc1C(F)(F)F. The average Bonchev–Trinajstić information content (AvgIpc) is 2.55. The number of carbonyl (C=O) groups excluding carboxylic acids is 2. The van der Waals surface area contributed by atoms with Gasteiger partial charge in [0.05, 0.1) is 23.4 Å². The predicted molar refractivity (Wildman–Crippen MR) is 84.2 cm³/mol. The fourth-order valence-corrected chi connectivity index (χ4v) is 2.44. The third-order valence-electron chi connectivity index (χ3n) is 3.58. The minimum atomic E-state index is -4.60. The second-order valence-corrected chi connectivity index (χ2v) is 5.39. The summed E-state index contributed by atoms with van der Waals surface area (Å²) in [5, 5.41) is 4.78. The zero-order chi connectivity index (χ0) is 18.0. The van der Waals surface area contributed by atoms with Gasteiger partial charge in [0.25, 0.3) is 5.91 Å². The van der Waals surface area contributed by atoms with Crippen molar-refractivity contribution < 1.29 is 27.5 Å². The summed E-state index contributed by atoms with van der Waals surface area (Å²) in [7, 11) is 0. The Morgan fingerprint density at radius 1 is 1.12 bits per heavy atom. The normalized spacial score (nSPS) is 16.4. The third-order valence-corrected chi connectivity index (χ3v) is 3.58. The maximum Gasteiger partial charge on any atom is 0.418 e. The average molecular weight is 350 g/mol. The molecule has 0 spiro atoms. The summed E-state index contributed by atoms with van der Waals surface area (Å²) in [5.41, 5.74) is -0.842. The predicted octanol–water partition coefficient (Wildman–Crippen LogP) is 3.43. The van der Waals surface area contributed by atoms with Crippen LogP contribution in [0, 0.1) is 0 Å². The van der Waals surface area contributed by atoms with Crippen molar-refractivity contribution in [3.63, 3.8) is 0 Å². The molecule has 2 aromatic carbocycles. The Bertz CT molecular complexity index is 821. The number of benzene rings is 2. The summed E-state index contributed by atoms with van der Waals surface area (Å²) in [6.45, 7) is 0. The minimum Gasteiger partial charge on any atom is -0.478 e. The van der Waals surface area contributed by atoms with Crippen LogP contribution in [-0.2, 0) is 15.8 Å². The number of hydrogen-bond donors (Lipinski definition) is 2. The highest BCUT2D eigenvalue weighted by Crippen LogP contribution is 2.35. The number of para-hydroxylation sites is 3. The lowest BCUT2D eigenvalue weighted by Gasteiger charge is -2.25.